The normalized spacial score (nSPS) is 25.4. The Bertz CT molecular complexity index is 325. The van der Waals surface area contributed by atoms with Crippen LogP contribution in [0.2, 0.25) is 0 Å². The molecule has 2 unspecified atom stereocenters. The molecule has 0 aliphatic heterocycles. The minimum atomic E-state index is -0.0884. The summed E-state index contributed by atoms with van der Waals surface area (Å²) in [6.07, 6.45) is 4.85. The second kappa shape index (κ2) is 4.66. The van der Waals surface area contributed by atoms with E-state index >= 15 is 0 Å². The van der Waals surface area contributed by atoms with Crippen LogP contribution >= 0.6 is 11.6 Å². The molecule has 2 atom stereocenters. The summed E-state index contributed by atoms with van der Waals surface area (Å²) in [6.45, 7) is 0. The molecule has 15 heavy (non-hydrogen) atoms. The van der Waals surface area contributed by atoms with E-state index < -0.39 is 0 Å². The summed E-state index contributed by atoms with van der Waals surface area (Å²) < 4.78 is 0. The number of carbonyl (C=O) groups excluding carboxylic acids is 1. The fourth-order valence-corrected chi connectivity index (χ4v) is 2.41. The Kier molecular flexibility index (Phi) is 3.26. The SMILES string of the molecule is O=C(NC1CCCC1CCl)c1ccn[nH]1. The van der Waals surface area contributed by atoms with Crippen LogP contribution in [-0.2, 0) is 0 Å². The van der Waals surface area contributed by atoms with Gasteiger partial charge in [-0.1, -0.05) is 6.42 Å². The number of aromatic amines is 1. The zero-order chi connectivity index (χ0) is 10.7. The number of halogens is 1. The molecule has 82 valence electrons. The van der Waals surface area contributed by atoms with Gasteiger partial charge in [0, 0.05) is 18.1 Å². The number of alkyl halides is 1. The first kappa shape index (κ1) is 10.5. The second-order valence-electron chi connectivity index (χ2n) is 3.90. The van der Waals surface area contributed by atoms with Crippen molar-refractivity contribution in [1.82, 2.24) is 15.5 Å². The molecule has 4 nitrogen and oxygen atoms in total. The van der Waals surface area contributed by atoms with Crippen molar-refractivity contribution >= 4 is 17.5 Å². The van der Waals surface area contributed by atoms with Gasteiger partial charge in [0.15, 0.2) is 0 Å². The molecule has 1 aromatic heterocycles. The molecule has 2 rings (SSSR count). The number of H-pyrrole nitrogens is 1. The standard InChI is InChI=1S/C10H14ClN3O/c11-6-7-2-1-3-8(7)13-10(15)9-4-5-12-14-9/h4-5,7-8H,1-3,6H2,(H,12,14)(H,13,15). The molecule has 0 bridgehead atoms. The first-order valence-corrected chi connectivity index (χ1v) is 5.71. The molecule has 2 N–H and O–H groups in total. The van der Waals surface area contributed by atoms with E-state index in [0.717, 1.165) is 19.3 Å². The molecule has 1 aromatic rings. The van der Waals surface area contributed by atoms with Crippen LogP contribution < -0.4 is 5.32 Å². The Morgan fingerprint density at radius 1 is 1.67 bits per heavy atom. The molecule has 1 aliphatic carbocycles. The summed E-state index contributed by atoms with van der Waals surface area (Å²) >= 11 is 5.84. The second-order valence-corrected chi connectivity index (χ2v) is 4.20. The number of nitrogens with zero attached hydrogens (tertiary/aromatic N) is 1. The predicted octanol–water partition coefficient (Wildman–Crippen LogP) is 1.55. The van der Waals surface area contributed by atoms with E-state index in [1.54, 1.807) is 12.3 Å². The predicted molar refractivity (Wildman–Crippen MR) is 57.9 cm³/mol. The number of nitrogens with one attached hydrogen (secondary N) is 2. The van der Waals surface area contributed by atoms with Crippen molar-refractivity contribution in [2.75, 3.05) is 5.88 Å². The van der Waals surface area contributed by atoms with Crippen LogP contribution in [0.15, 0.2) is 12.3 Å². The molecule has 1 aliphatic rings. The van der Waals surface area contributed by atoms with Gasteiger partial charge in [-0.3, -0.25) is 9.89 Å². The zero-order valence-electron chi connectivity index (χ0n) is 8.37. The summed E-state index contributed by atoms with van der Waals surface area (Å²) in [5.74, 6) is 0.946. The molecule has 0 aromatic carbocycles. The fourth-order valence-electron chi connectivity index (χ4n) is 2.04. The van der Waals surface area contributed by atoms with Crippen molar-refractivity contribution in [2.45, 2.75) is 25.3 Å². The quantitative estimate of drug-likeness (QED) is 0.770. The van der Waals surface area contributed by atoms with Crippen molar-refractivity contribution in [3.63, 3.8) is 0 Å². The van der Waals surface area contributed by atoms with Crippen LogP contribution in [0.5, 0.6) is 0 Å². The third-order valence-electron chi connectivity index (χ3n) is 2.92. The van der Waals surface area contributed by atoms with E-state index in [4.69, 9.17) is 11.6 Å². The number of hydrogen-bond donors (Lipinski definition) is 2. The van der Waals surface area contributed by atoms with Gasteiger partial charge in [-0.2, -0.15) is 5.10 Å². The van der Waals surface area contributed by atoms with Crippen LogP contribution in [0.3, 0.4) is 0 Å². The van der Waals surface area contributed by atoms with Crippen LogP contribution in [-0.4, -0.2) is 28.0 Å². The number of hydrogen-bond acceptors (Lipinski definition) is 2. The maximum atomic E-state index is 11.7. The zero-order valence-corrected chi connectivity index (χ0v) is 9.13. The molecular formula is C10H14ClN3O. The first-order valence-electron chi connectivity index (χ1n) is 5.17. The highest BCUT2D eigenvalue weighted by atomic mass is 35.5. The highest BCUT2D eigenvalue weighted by Gasteiger charge is 2.28. The van der Waals surface area contributed by atoms with Gasteiger partial charge in [-0.05, 0) is 24.8 Å². The molecule has 1 heterocycles. The average molecular weight is 228 g/mol. The Morgan fingerprint density at radius 2 is 2.53 bits per heavy atom. The molecular weight excluding hydrogens is 214 g/mol. The van der Waals surface area contributed by atoms with Gasteiger partial charge < -0.3 is 5.32 Å². The highest BCUT2D eigenvalue weighted by Crippen LogP contribution is 2.26. The van der Waals surface area contributed by atoms with Crippen molar-refractivity contribution < 1.29 is 4.79 Å². The lowest BCUT2D eigenvalue weighted by Gasteiger charge is -2.18. The van der Waals surface area contributed by atoms with Gasteiger partial charge >= 0.3 is 0 Å². The van der Waals surface area contributed by atoms with Crippen molar-refractivity contribution in [3.05, 3.63) is 18.0 Å². The van der Waals surface area contributed by atoms with Crippen molar-refractivity contribution in [2.24, 2.45) is 5.92 Å². The molecule has 5 heteroatoms. The number of aromatic nitrogens is 2. The summed E-state index contributed by atoms with van der Waals surface area (Å²) in [6, 6.07) is 1.89. The topological polar surface area (TPSA) is 57.8 Å². The van der Waals surface area contributed by atoms with Crippen LogP contribution in [0.25, 0.3) is 0 Å². The minimum Gasteiger partial charge on any atom is -0.348 e. The lowest BCUT2D eigenvalue weighted by molar-refractivity contribution is 0.0925. The number of carbonyl (C=O) groups is 1. The monoisotopic (exact) mass is 227 g/mol. The van der Waals surface area contributed by atoms with Gasteiger partial charge in [0.2, 0.25) is 0 Å². The van der Waals surface area contributed by atoms with E-state index in [-0.39, 0.29) is 11.9 Å². The summed E-state index contributed by atoms with van der Waals surface area (Å²) in [7, 11) is 0. The summed E-state index contributed by atoms with van der Waals surface area (Å²) in [5.41, 5.74) is 0.509. The van der Waals surface area contributed by atoms with E-state index in [1.165, 1.54) is 0 Å². The Hall–Kier alpha value is -1.03. The third kappa shape index (κ3) is 2.31. The van der Waals surface area contributed by atoms with E-state index in [1.807, 2.05) is 0 Å². The summed E-state index contributed by atoms with van der Waals surface area (Å²) in [4.78, 5) is 11.7. The van der Waals surface area contributed by atoms with Crippen LogP contribution in [0, 0.1) is 5.92 Å². The maximum Gasteiger partial charge on any atom is 0.269 e. The molecule has 1 saturated carbocycles. The lowest BCUT2D eigenvalue weighted by atomic mass is 10.1. The largest absolute Gasteiger partial charge is 0.348 e. The number of amides is 1. The molecule has 1 fully saturated rings. The minimum absolute atomic E-state index is 0.0884. The Balaban J connectivity index is 1.94. The highest BCUT2D eigenvalue weighted by molar-refractivity contribution is 6.18. The van der Waals surface area contributed by atoms with Crippen LogP contribution in [0.1, 0.15) is 29.8 Å². The summed E-state index contributed by atoms with van der Waals surface area (Å²) in [5, 5.41) is 9.38. The van der Waals surface area contributed by atoms with Crippen molar-refractivity contribution in [1.29, 1.82) is 0 Å². The average Bonchev–Trinajstić information content (AvgIpc) is 2.87. The first-order chi connectivity index (χ1) is 7.31. The van der Waals surface area contributed by atoms with E-state index in [0.29, 0.717) is 17.5 Å². The van der Waals surface area contributed by atoms with E-state index in [2.05, 4.69) is 15.5 Å². The Labute approximate surface area is 93.4 Å². The van der Waals surface area contributed by atoms with Gasteiger partial charge in [0.1, 0.15) is 5.69 Å². The third-order valence-corrected chi connectivity index (χ3v) is 3.32. The molecule has 0 saturated heterocycles. The maximum absolute atomic E-state index is 11.7. The lowest BCUT2D eigenvalue weighted by Crippen LogP contribution is -2.38. The van der Waals surface area contributed by atoms with Gasteiger partial charge in [0.05, 0.1) is 0 Å². The Morgan fingerprint density at radius 3 is 3.20 bits per heavy atom. The molecule has 1 amide bonds. The molecule has 0 radical (unpaired) electrons. The fraction of sp³-hybridized carbons (Fsp3) is 0.600. The van der Waals surface area contributed by atoms with Gasteiger partial charge in [-0.15, -0.1) is 11.6 Å². The van der Waals surface area contributed by atoms with Gasteiger partial charge in [-0.25, -0.2) is 0 Å². The number of rotatable bonds is 3. The van der Waals surface area contributed by atoms with Gasteiger partial charge in [0.25, 0.3) is 5.91 Å². The smallest absolute Gasteiger partial charge is 0.269 e. The van der Waals surface area contributed by atoms with E-state index in [9.17, 15) is 4.79 Å². The molecule has 0 spiro atoms. The van der Waals surface area contributed by atoms with Crippen molar-refractivity contribution in [3.8, 4) is 0 Å². The van der Waals surface area contributed by atoms with Crippen LogP contribution in [0.4, 0.5) is 0 Å².